The minimum atomic E-state index is -0.426. The molecule has 0 aliphatic carbocycles. The average molecular weight is 321 g/mol. The van der Waals surface area contributed by atoms with Crippen LogP contribution in [0.4, 0.5) is 5.69 Å². The van der Waals surface area contributed by atoms with Gasteiger partial charge in [-0.15, -0.1) is 0 Å². The normalized spacial score (nSPS) is 10.0. The molecule has 24 heavy (non-hydrogen) atoms. The van der Waals surface area contributed by atoms with Gasteiger partial charge >= 0.3 is 5.97 Å². The minimum Gasteiger partial charge on any atom is -0.461 e. The predicted molar refractivity (Wildman–Crippen MR) is 92.8 cm³/mol. The van der Waals surface area contributed by atoms with Crippen LogP contribution in [0.25, 0.3) is 20.8 Å². The highest BCUT2D eigenvalue weighted by atomic mass is 16.5. The Balaban J connectivity index is 2.69. The Kier molecular flexibility index (Phi) is 5.39. The first-order chi connectivity index (χ1) is 11.6. The van der Waals surface area contributed by atoms with Gasteiger partial charge < -0.3 is 14.1 Å². The van der Waals surface area contributed by atoms with Gasteiger partial charge in [0, 0.05) is 23.9 Å². The average Bonchev–Trinajstić information content (AvgIpc) is 2.87. The fourth-order valence-electron chi connectivity index (χ4n) is 2.82. The molecule has 0 bridgehead atoms. The third-order valence-electron chi connectivity index (χ3n) is 3.91. The van der Waals surface area contributed by atoms with Crippen molar-refractivity contribution in [3.63, 3.8) is 0 Å². The van der Waals surface area contributed by atoms with Crippen LogP contribution in [0.2, 0.25) is 0 Å². The SMILES string of the molecule is [C-]#[N+]Cc1ccc(-c2c([N+]#[C-])c(CC)n(C)c2C(=O)OCC)cc1. The van der Waals surface area contributed by atoms with E-state index in [1.165, 1.54) is 0 Å². The summed E-state index contributed by atoms with van der Waals surface area (Å²) in [5, 5.41) is 0. The minimum absolute atomic E-state index is 0.280. The van der Waals surface area contributed by atoms with Gasteiger partial charge in [-0.1, -0.05) is 31.2 Å². The lowest BCUT2D eigenvalue weighted by Crippen LogP contribution is -2.12. The summed E-state index contributed by atoms with van der Waals surface area (Å²) in [6.07, 6.45) is 0.649. The topological polar surface area (TPSA) is 40.0 Å². The molecule has 2 rings (SSSR count). The molecule has 0 fully saturated rings. The number of carbonyl (C=O) groups is 1. The summed E-state index contributed by atoms with van der Waals surface area (Å²) in [7, 11) is 1.79. The van der Waals surface area contributed by atoms with E-state index in [2.05, 4.69) is 9.69 Å². The number of benzene rings is 1. The number of rotatable bonds is 5. The first-order valence-corrected chi connectivity index (χ1v) is 7.77. The Morgan fingerprint density at radius 1 is 1.21 bits per heavy atom. The van der Waals surface area contributed by atoms with E-state index in [0.717, 1.165) is 16.8 Å². The van der Waals surface area contributed by atoms with E-state index < -0.39 is 5.97 Å². The lowest BCUT2D eigenvalue weighted by Gasteiger charge is -2.09. The van der Waals surface area contributed by atoms with Crippen molar-refractivity contribution in [3.8, 4) is 11.1 Å². The molecule has 0 atom stereocenters. The first-order valence-electron chi connectivity index (χ1n) is 7.77. The molecule has 0 aliphatic heterocycles. The Morgan fingerprint density at radius 2 is 1.88 bits per heavy atom. The molecule has 5 nitrogen and oxygen atoms in total. The number of hydrogen-bond acceptors (Lipinski definition) is 2. The number of esters is 1. The molecule has 0 saturated heterocycles. The van der Waals surface area contributed by atoms with Crippen molar-refractivity contribution in [2.24, 2.45) is 7.05 Å². The van der Waals surface area contributed by atoms with Crippen LogP contribution in [0.15, 0.2) is 24.3 Å². The van der Waals surface area contributed by atoms with E-state index in [9.17, 15) is 4.79 Å². The van der Waals surface area contributed by atoms with E-state index >= 15 is 0 Å². The van der Waals surface area contributed by atoms with Gasteiger partial charge in [0.1, 0.15) is 5.69 Å². The maximum Gasteiger partial charge on any atom is 0.354 e. The van der Waals surface area contributed by atoms with Crippen molar-refractivity contribution >= 4 is 11.7 Å². The molecule has 0 spiro atoms. The fraction of sp³-hybridized carbons (Fsp3) is 0.316. The van der Waals surface area contributed by atoms with Gasteiger partial charge in [0.2, 0.25) is 12.2 Å². The highest BCUT2D eigenvalue weighted by Gasteiger charge is 2.26. The summed E-state index contributed by atoms with van der Waals surface area (Å²) in [5.41, 5.74) is 4.00. The van der Waals surface area contributed by atoms with Gasteiger partial charge in [-0.3, -0.25) is 0 Å². The second-order valence-electron chi connectivity index (χ2n) is 5.28. The molecular formula is C19H19N3O2. The number of nitrogens with zero attached hydrogens (tertiary/aromatic N) is 3. The molecule has 0 unspecified atom stereocenters. The summed E-state index contributed by atoms with van der Waals surface area (Å²) in [4.78, 5) is 19.5. The van der Waals surface area contributed by atoms with Crippen molar-refractivity contribution < 1.29 is 9.53 Å². The molecule has 0 N–H and O–H groups in total. The summed E-state index contributed by atoms with van der Waals surface area (Å²) >= 11 is 0. The molecule has 0 aliphatic rings. The molecule has 1 aromatic heterocycles. The summed E-state index contributed by atoms with van der Waals surface area (Å²) in [6, 6.07) is 7.42. The van der Waals surface area contributed by atoms with Gasteiger partial charge in [-0.05, 0) is 18.9 Å². The first kappa shape index (κ1) is 17.3. The number of hydrogen-bond donors (Lipinski definition) is 0. The maximum atomic E-state index is 12.4. The lowest BCUT2D eigenvalue weighted by molar-refractivity contribution is 0.0516. The fourth-order valence-corrected chi connectivity index (χ4v) is 2.82. The smallest absolute Gasteiger partial charge is 0.354 e. The maximum absolute atomic E-state index is 12.4. The zero-order chi connectivity index (χ0) is 17.7. The van der Waals surface area contributed by atoms with Crippen LogP contribution in [0.1, 0.15) is 35.6 Å². The van der Waals surface area contributed by atoms with Crippen molar-refractivity contribution in [1.29, 1.82) is 0 Å². The molecule has 1 heterocycles. The molecule has 2 aromatic rings. The van der Waals surface area contributed by atoms with E-state index in [-0.39, 0.29) is 6.61 Å². The zero-order valence-electron chi connectivity index (χ0n) is 14.1. The van der Waals surface area contributed by atoms with Crippen LogP contribution >= 0.6 is 0 Å². The summed E-state index contributed by atoms with van der Waals surface area (Å²) < 4.78 is 6.95. The third kappa shape index (κ3) is 3.02. The highest BCUT2D eigenvalue weighted by molar-refractivity contribution is 6.01. The Hall–Kier alpha value is -3.05. The van der Waals surface area contributed by atoms with Gasteiger partial charge in [0.15, 0.2) is 0 Å². The van der Waals surface area contributed by atoms with Gasteiger partial charge in [-0.25, -0.2) is 16.2 Å². The zero-order valence-corrected chi connectivity index (χ0v) is 14.1. The number of aromatic nitrogens is 1. The van der Waals surface area contributed by atoms with Crippen LogP contribution in [-0.2, 0) is 24.8 Å². The van der Waals surface area contributed by atoms with E-state index in [0.29, 0.717) is 29.9 Å². The van der Waals surface area contributed by atoms with Crippen molar-refractivity contribution in [2.75, 3.05) is 6.61 Å². The Bertz CT molecular complexity index is 833. The summed E-state index contributed by atoms with van der Waals surface area (Å²) in [5.74, 6) is -0.426. The molecule has 0 radical (unpaired) electrons. The van der Waals surface area contributed by atoms with Crippen LogP contribution in [0.5, 0.6) is 0 Å². The number of carbonyl (C=O) groups excluding carboxylic acids is 1. The molecule has 0 amide bonds. The third-order valence-corrected chi connectivity index (χ3v) is 3.91. The van der Waals surface area contributed by atoms with E-state index in [4.69, 9.17) is 17.9 Å². The van der Waals surface area contributed by atoms with E-state index in [1.807, 2.05) is 31.2 Å². The van der Waals surface area contributed by atoms with Crippen molar-refractivity contribution in [1.82, 2.24) is 4.57 Å². The second kappa shape index (κ2) is 7.48. The predicted octanol–water partition coefficient (Wildman–Crippen LogP) is 4.40. The molecule has 1 aromatic carbocycles. The van der Waals surface area contributed by atoms with Crippen molar-refractivity contribution in [3.05, 3.63) is 64.1 Å². The monoisotopic (exact) mass is 321 g/mol. The molecular weight excluding hydrogens is 302 g/mol. The second-order valence-corrected chi connectivity index (χ2v) is 5.28. The van der Waals surface area contributed by atoms with Gasteiger partial charge in [0.25, 0.3) is 0 Å². The lowest BCUT2D eigenvalue weighted by atomic mass is 10.0. The molecule has 0 saturated carbocycles. The molecule has 5 heteroatoms. The van der Waals surface area contributed by atoms with Gasteiger partial charge in [-0.2, -0.15) is 0 Å². The summed E-state index contributed by atoms with van der Waals surface area (Å²) in [6.45, 7) is 18.8. The molecule has 122 valence electrons. The van der Waals surface area contributed by atoms with Gasteiger partial charge in [0.05, 0.1) is 13.2 Å². The van der Waals surface area contributed by atoms with Crippen LogP contribution in [0, 0.1) is 13.1 Å². The highest BCUT2D eigenvalue weighted by Crippen LogP contribution is 2.39. The largest absolute Gasteiger partial charge is 0.461 e. The number of ether oxygens (including phenoxy) is 1. The van der Waals surface area contributed by atoms with Crippen molar-refractivity contribution in [2.45, 2.75) is 26.8 Å². The van der Waals surface area contributed by atoms with Crippen LogP contribution in [-0.4, -0.2) is 17.1 Å². The van der Waals surface area contributed by atoms with E-state index in [1.54, 1.807) is 18.5 Å². The quantitative estimate of drug-likeness (QED) is 0.605. The standard InChI is InChI=1S/C19H19N3O2/c1-6-15-17(21-4)16(18(22(15)5)19(23)24-7-2)14-10-8-13(9-11-14)12-20-3/h8-11H,6-7,12H2,1-2,5H3. The van der Waals surface area contributed by atoms with Crippen LogP contribution in [0.3, 0.4) is 0 Å². The van der Waals surface area contributed by atoms with Crippen LogP contribution < -0.4 is 0 Å². The Morgan fingerprint density at radius 3 is 2.38 bits per heavy atom. The Labute approximate surface area is 142 Å².